The maximum absolute atomic E-state index is 15.0. The van der Waals surface area contributed by atoms with Crippen LogP contribution < -0.4 is 10.1 Å². The van der Waals surface area contributed by atoms with Gasteiger partial charge in [-0.05, 0) is 34.7 Å². The third-order valence-corrected chi connectivity index (χ3v) is 8.13. The smallest absolute Gasteiger partial charge is 0.289 e. The van der Waals surface area contributed by atoms with Crippen LogP contribution in [0.3, 0.4) is 0 Å². The number of rotatable bonds is 8. The summed E-state index contributed by atoms with van der Waals surface area (Å²) in [5.41, 5.74) is 0.734. The van der Waals surface area contributed by atoms with Gasteiger partial charge in [0.05, 0.1) is 18.5 Å². The van der Waals surface area contributed by atoms with Crippen LogP contribution in [-0.2, 0) is 16.2 Å². The van der Waals surface area contributed by atoms with Gasteiger partial charge in [0.25, 0.3) is 6.02 Å². The van der Waals surface area contributed by atoms with Crippen LogP contribution in [0.15, 0.2) is 35.6 Å². The second-order valence-corrected chi connectivity index (χ2v) is 17.7. The molecule has 3 aromatic rings. The molecule has 36 heavy (non-hydrogen) atoms. The standard InChI is InChI=1S/C25H31F2IN4O3Si/c1-25(2)13-30-24(34-14-25)31-16-10-17(26)22(18(27)11-16)35-20-6-7-29-23-21(20)19(28)12-32(23)15-33-8-9-36(3,4)5/h6-7,10-12H,8-9,13-15H2,1-5H3,(H,30,31). The number of benzene rings is 1. The molecule has 0 aliphatic carbocycles. The first-order valence-corrected chi connectivity index (χ1v) is 16.5. The van der Waals surface area contributed by atoms with Crippen molar-refractivity contribution in [2.75, 3.05) is 25.1 Å². The lowest BCUT2D eigenvalue weighted by Crippen LogP contribution is -2.33. The Morgan fingerprint density at radius 3 is 2.58 bits per heavy atom. The Morgan fingerprint density at radius 2 is 1.94 bits per heavy atom. The van der Waals surface area contributed by atoms with Crippen molar-refractivity contribution in [3.63, 3.8) is 0 Å². The van der Waals surface area contributed by atoms with Crippen LogP contribution in [-0.4, -0.2) is 43.4 Å². The molecule has 3 heterocycles. The predicted molar refractivity (Wildman–Crippen MR) is 149 cm³/mol. The number of nitrogens with one attached hydrogen (secondary N) is 1. The number of aromatic nitrogens is 2. The van der Waals surface area contributed by atoms with Gasteiger partial charge >= 0.3 is 0 Å². The molecule has 11 heteroatoms. The van der Waals surface area contributed by atoms with Gasteiger partial charge in [-0.25, -0.2) is 18.8 Å². The molecule has 0 bridgehead atoms. The molecule has 1 aromatic carbocycles. The highest BCUT2D eigenvalue weighted by atomic mass is 127. The lowest BCUT2D eigenvalue weighted by molar-refractivity contribution is 0.0898. The van der Waals surface area contributed by atoms with Crippen molar-refractivity contribution in [3.8, 4) is 11.5 Å². The average Bonchev–Trinajstić information content (AvgIpc) is 3.11. The van der Waals surface area contributed by atoms with Crippen molar-refractivity contribution in [1.29, 1.82) is 0 Å². The van der Waals surface area contributed by atoms with E-state index in [0.29, 0.717) is 43.3 Å². The van der Waals surface area contributed by atoms with Crippen LogP contribution in [0.1, 0.15) is 13.8 Å². The molecule has 4 rings (SSSR count). The number of fused-ring (bicyclic) bond motifs is 1. The lowest BCUT2D eigenvalue weighted by atomic mass is 9.95. The van der Waals surface area contributed by atoms with Gasteiger partial charge in [-0.15, -0.1) is 0 Å². The summed E-state index contributed by atoms with van der Waals surface area (Å²) >= 11 is 2.16. The van der Waals surface area contributed by atoms with Gasteiger partial charge in [0, 0.05) is 53.9 Å². The van der Waals surface area contributed by atoms with Gasteiger partial charge in [-0.1, -0.05) is 33.5 Å². The van der Waals surface area contributed by atoms with Gasteiger partial charge in [-0.3, -0.25) is 0 Å². The molecule has 1 aliphatic rings. The molecule has 0 saturated carbocycles. The largest absolute Gasteiger partial charge is 0.464 e. The molecule has 0 amide bonds. The number of ether oxygens (including phenoxy) is 3. The first kappa shape index (κ1) is 26.8. The Morgan fingerprint density at radius 1 is 1.22 bits per heavy atom. The molecule has 0 spiro atoms. The molecule has 7 nitrogen and oxygen atoms in total. The zero-order valence-corrected chi connectivity index (χ0v) is 24.3. The minimum absolute atomic E-state index is 0.0776. The zero-order valence-electron chi connectivity index (χ0n) is 21.1. The molecule has 0 atom stereocenters. The SMILES string of the molecule is CC1(C)CN=C(Nc2cc(F)c(Oc3ccnc4c3c(I)cn4COCC[Si](C)(C)C)c(F)c2)OC1. The van der Waals surface area contributed by atoms with E-state index in [9.17, 15) is 8.78 Å². The van der Waals surface area contributed by atoms with Crippen LogP contribution in [0.25, 0.3) is 11.0 Å². The summed E-state index contributed by atoms with van der Waals surface area (Å²) in [6.07, 6.45) is 3.45. The number of pyridine rings is 1. The number of hydrogen-bond acceptors (Lipinski definition) is 6. The van der Waals surface area contributed by atoms with Gasteiger partial charge < -0.3 is 24.1 Å². The molecule has 194 valence electrons. The fraction of sp³-hybridized carbons (Fsp3) is 0.440. The Labute approximate surface area is 224 Å². The summed E-state index contributed by atoms with van der Waals surface area (Å²) in [6, 6.07) is 5.21. The van der Waals surface area contributed by atoms with Gasteiger partial charge in [-0.2, -0.15) is 0 Å². The third-order valence-electron chi connectivity index (χ3n) is 5.61. The molecule has 2 aromatic heterocycles. The Balaban J connectivity index is 1.52. The van der Waals surface area contributed by atoms with Crippen LogP contribution >= 0.6 is 22.6 Å². The van der Waals surface area contributed by atoms with Gasteiger partial charge in [0.1, 0.15) is 18.1 Å². The summed E-state index contributed by atoms with van der Waals surface area (Å²) in [6.45, 7) is 13.0. The highest BCUT2D eigenvalue weighted by Crippen LogP contribution is 2.36. The Hall–Kier alpha value is -2.25. The maximum atomic E-state index is 15.0. The van der Waals surface area contributed by atoms with Crippen LogP contribution in [0, 0.1) is 20.6 Å². The second kappa shape index (κ2) is 10.6. The predicted octanol–water partition coefficient (Wildman–Crippen LogP) is 6.85. The molecule has 0 unspecified atom stereocenters. The van der Waals surface area contributed by atoms with E-state index in [1.165, 1.54) is 0 Å². The van der Waals surface area contributed by atoms with Crippen molar-refractivity contribution in [2.24, 2.45) is 10.4 Å². The first-order chi connectivity index (χ1) is 16.9. The van der Waals surface area contributed by atoms with Crippen LogP contribution in [0.5, 0.6) is 11.5 Å². The van der Waals surface area contributed by atoms with E-state index in [1.54, 1.807) is 12.3 Å². The van der Waals surface area contributed by atoms with Gasteiger partial charge in [0.15, 0.2) is 17.4 Å². The number of amidine groups is 1. The lowest BCUT2D eigenvalue weighted by Gasteiger charge is -2.28. The second-order valence-electron chi connectivity index (χ2n) is 10.9. The minimum Gasteiger partial charge on any atom is -0.464 e. The minimum atomic E-state index is -1.19. The van der Waals surface area contributed by atoms with E-state index >= 15 is 0 Å². The normalized spacial score (nSPS) is 15.5. The van der Waals surface area contributed by atoms with E-state index in [1.807, 2.05) is 24.6 Å². The molecule has 1 N–H and O–H groups in total. The van der Waals surface area contributed by atoms with E-state index in [-0.39, 0.29) is 17.1 Å². The molecule has 0 radical (unpaired) electrons. The third kappa shape index (κ3) is 6.54. The quantitative estimate of drug-likeness (QED) is 0.168. The maximum Gasteiger partial charge on any atom is 0.289 e. The topological polar surface area (TPSA) is 69.9 Å². The van der Waals surface area contributed by atoms with Crippen molar-refractivity contribution in [3.05, 3.63) is 45.8 Å². The number of aliphatic imine (C=N–C) groups is 1. The molecular weight excluding hydrogens is 597 g/mol. The molecule has 0 saturated heterocycles. The van der Waals surface area contributed by atoms with Crippen molar-refractivity contribution in [1.82, 2.24) is 9.55 Å². The summed E-state index contributed by atoms with van der Waals surface area (Å²) in [5, 5.41) is 3.50. The van der Waals surface area contributed by atoms with Crippen molar-refractivity contribution in [2.45, 2.75) is 46.3 Å². The van der Waals surface area contributed by atoms with E-state index in [2.05, 4.69) is 57.5 Å². The highest BCUT2D eigenvalue weighted by Gasteiger charge is 2.25. The molecule has 1 aliphatic heterocycles. The number of halogens is 3. The highest BCUT2D eigenvalue weighted by molar-refractivity contribution is 14.1. The Bertz CT molecular complexity index is 1270. The zero-order chi connectivity index (χ0) is 26.1. The molecular formula is C25H31F2IN4O3Si. The summed E-state index contributed by atoms with van der Waals surface area (Å²) in [4.78, 5) is 8.75. The fourth-order valence-electron chi connectivity index (χ4n) is 3.54. The van der Waals surface area contributed by atoms with E-state index in [4.69, 9.17) is 14.2 Å². The Kier molecular flexibility index (Phi) is 7.91. The van der Waals surface area contributed by atoms with E-state index < -0.39 is 25.5 Å². The number of nitrogens with zero attached hydrogens (tertiary/aromatic N) is 3. The monoisotopic (exact) mass is 628 g/mol. The van der Waals surface area contributed by atoms with Gasteiger partial charge in [0.2, 0.25) is 0 Å². The van der Waals surface area contributed by atoms with Crippen molar-refractivity contribution >= 4 is 53.4 Å². The first-order valence-electron chi connectivity index (χ1n) is 11.7. The van der Waals surface area contributed by atoms with Crippen molar-refractivity contribution < 1.29 is 23.0 Å². The van der Waals surface area contributed by atoms with Crippen LogP contribution in [0.2, 0.25) is 25.7 Å². The summed E-state index contributed by atoms with van der Waals surface area (Å²) in [5.74, 6) is -1.87. The fourth-order valence-corrected chi connectivity index (χ4v) is 5.14. The van der Waals surface area contributed by atoms with E-state index in [0.717, 1.165) is 21.7 Å². The number of hydrogen-bond donors (Lipinski definition) is 1. The summed E-state index contributed by atoms with van der Waals surface area (Å²) < 4.78 is 49.8. The number of anilines is 1. The summed E-state index contributed by atoms with van der Waals surface area (Å²) in [7, 11) is -1.19. The average molecular weight is 629 g/mol. The van der Waals surface area contributed by atoms with Crippen LogP contribution in [0.4, 0.5) is 14.5 Å². The molecule has 0 fully saturated rings.